The summed E-state index contributed by atoms with van der Waals surface area (Å²) in [4.78, 5) is 66.2. The highest BCUT2D eigenvalue weighted by atomic mass is 16.4. The molecule has 13 nitrogen and oxygen atoms in total. The Hall–Kier alpha value is -3.48. The molecule has 4 amide bonds. The van der Waals surface area contributed by atoms with E-state index in [1.807, 2.05) is 0 Å². The number of carbonyl (C=O) groups is 5. The standard InChI is InChI=1S/C17H27N7O6/c1-8(2)14(17(29)30)24-16(28)11(4-12(19)25)23-15(27)10(22-13(26)5-18)3-9-6-20-7-21-9/h6-8,10-11,14H,3-5,18H2,1-2H3,(H2,19,25)(H,20,21)(H,22,26)(H,23,27)(H,24,28)(H,29,30). The smallest absolute Gasteiger partial charge is 0.326 e. The number of aromatic nitrogens is 2. The largest absolute Gasteiger partial charge is 0.480 e. The van der Waals surface area contributed by atoms with Gasteiger partial charge in [-0.05, 0) is 5.92 Å². The first kappa shape index (κ1) is 24.6. The average Bonchev–Trinajstić information content (AvgIpc) is 3.16. The Morgan fingerprint density at radius 1 is 1.10 bits per heavy atom. The molecule has 0 aliphatic rings. The molecule has 13 heteroatoms. The molecule has 0 aromatic carbocycles. The Kier molecular flexibility index (Phi) is 9.42. The highest BCUT2D eigenvalue weighted by Gasteiger charge is 2.31. The molecule has 3 atom stereocenters. The van der Waals surface area contributed by atoms with Crippen molar-refractivity contribution in [1.29, 1.82) is 0 Å². The van der Waals surface area contributed by atoms with E-state index in [4.69, 9.17) is 11.5 Å². The van der Waals surface area contributed by atoms with Gasteiger partial charge in [-0.25, -0.2) is 9.78 Å². The lowest BCUT2D eigenvalue weighted by Crippen LogP contribution is -2.58. The monoisotopic (exact) mass is 425 g/mol. The third kappa shape index (κ3) is 7.87. The van der Waals surface area contributed by atoms with E-state index in [2.05, 4.69) is 25.9 Å². The number of nitrogens with two attached hydrogens (primary N) is 2. The number of aliphatic carboxylic acids is 1. The first-order valence-electron chi connectivity index (χ1n) is 9.13. The van der Waals surface area contributed by atoms with Crippen molar-refractivity contribution in [2.24, 2.45) is 17.4 Å². The number of nitrogens with one attached hydrogen (secondary N) is 4. The Morgan fingerprint density at radius 3 is 2.20 bits per heavy atom. The predicted molar refractivity (Wildman–Crippen MR) is 103 cm³/mol. The molecule has 0 spiro atoms. The van der Waals surface area contributed by atoms with Crippen molar-refractivity contribution < 1.29 is 29.1 Å². The molecule has 0 aliphatic carbocycles. The van der Waals surface area contributed by atoms with Crippen molar-refractivity contribution >= 4 is 29.6 Å². The predicted octanol–water partition coefficient (Wildman–Crippen LogP) is -3.02. The van der Waals surface area contributed by atoms with Crippen molar-refractivity contribution in [3.63, 3.8) is 0 Å². The third-order valence-electron chi connectivity index (χ3n) is 4.08. The lowest BCUT2D eigenvalue weighted by atomic mass is 10.0. The normalized spacial score (nSPS) is 13.7. The van der Waals surface area contributed by atoms with E-state index >= 15 is 0 Å². The number of aromatic amines is 1. The summed E-state index contributed by atoms with van der Waals surface area (Å²) in [5.74, 6) is -4.90. The molecule has 3 unspecified atom stereocenters. The fraction of sp³-hybridized carbons (Fsp3) is 0.529. The minimum atomic E-state index is -1.44. The van der Waals surface area contributed by atoms with Crippen LogP contribution in [0.1, 0.15) is 26.0 Å². The molecule has 1 aromatic rings. The molecule has 0 saturated heterocycles. The fourth-order valence-corrected chi connectivity index (χ4v) is 2.53. The van der Waals surface area contributed by atoms with Gasteiger partial charge in [0.15, 0.2) is 0 Å². The van der Waals surface area contributed by atoms with E-state index in [9.17, 15) is 29.1 Å². The maximum atomic E-state index is 12.7. The quantitative estimate of drug-likeness (QED) is 0.182. The SMILES string of the molecule is CC(C)C(NC(=O)C(CC(N)=O)NC(=O)C(Cc1cnc[nH]1)NC(=O)CN)C(=O)O. The number of nitrogens with zero attached hydrogens (tertiary/aromatic N) is 1. The van der Waals surface area contributed by atoms with Gasteiger partial charge in [0.2, 0.25) is 23.6 Å². The lowest BCUT2D eigenvalue weighted by Gasteiger charge is -2.24. The van der Waals surface area contributed by atoms with Gasteiger partial charge in [-0.3, -0.25) is 19.2 Å². The molecule has 1 aromatic heterocycles. The molecule has 0 fully saturated rings. The zero-order chi connectivity index (χ0) is 22.8. The number of carboxylic acid groups (broad SMARTS) is 1. The van der Waals surface area contributed by atoms with Crippen LogP contribution in [0.15, 0.2) is 12.5 Å². The van der Waals surface area contributed by atoms with Crippen molar-refractivity contribution in [1.82, 2.24) is 25.9 Å². The van der Waals surface area contributed by atoms with Crippen LogP contribution in [0.2, 0.25) is 0 Å². The maximum Gasteiger partial charge on any atom is 0.326 e. The average molecular weight is 425 g/mol. The molecule has 0 aliphatic heterocycles. The number of primary amides is 1. The van der Waals surface area contributed by atoms with E-state index in [0.717, 1.165) is 0 Å². The van der Waals surface area contributed by atoms with Gasteiger partial charge in [0.1, 0.15) is 18.1 Å². The van der Waals surface area contributed by atoms with Crippen LogP contribution in [0, 0.1) is 5.92 Å². The molecule has 1 heterocycles. The summed E-state index contributed by atoms with van der Waals surface area (Å²) in [5, 5.41) is 16.3. The number of rotatable bonds is 12. The van der Waals surface area contributed by atoms with E-state index in [1.165, 1.54) is 12.5 Å². The van der Waals surface area contributed by atoms with Crippen molar-refractivity contribution in [2.45, 2.75) is 44.8 Å². The molecule has 30 heavy (non-hydrogen) atoms. The Balaban J connectivity index is 2.99. The van der Waals surface area contributed by atoms with Gasteiger partial charge in [0, 0.05) is 18.3 Å². The van der Waals surface area contributed by atoms with Crippen LogP contribution in [-0.4, -0.2) is 69.3 Å². The molecular formula is C17H27N7O6. The van der Waals surface area contributed by atoms with Crippen LogP contribution in [0.3, 0.4) is 0 Å². The molecule has 0 bridgehead atoms. The van der Waals surface area contributed by atoms with Gasteiger partial charge in [0.05, 0.1) is 19.3 Å². The van der Waals surface area contributed by atoms with E-state index in [1.54, 1.807) is 13.8 Å². The van der Waals surface area contributed by atoms with Crippen LogP contribution < -0.4 is 27.4 Å². The summed E-state index contributed by atoms with van der Waals surface area (Å²) in [6, 6.07) is -3.80. The van der Waals surface area contributed by atoms with Gasteiger partial charge in [-0.15, -0.1) is 0 Å². The maximum absolute atomic E-state index is 12.7. The van der Waals surface area contributed by atoms with Crippen LogP contribution in [0.5, 0.6) is 0 Å². The van der Waals surface area contributed by atoms with Crippen molar-refractivity contribution in [3.8, 4) is 0 Å². The Morgan fingerprint density at radius 2 is 1.73 bits per heavy atom. The molecule has 1 rings (SSSR count). The second-order valence-electron chi connectivity index (χ2n) is 6.91. The summed E-state index contributed by atoms with van der Waals surface area (Å²) in [6.45, 7) is 2.81. The second-order valence-corrected chi connectivity index (χ2v) is 6.91. The van der Waals surface area contributed by atoms with E-state index in [-0.39, 0.29) is 13.0 Å². The number of hydrogen-bond donors (Lipinski definition) is 7. The summed E-state index contributed by atoms with van der Waals surface area (Å²) in [6.07, 6.45) is 2.27. The molecule has 0 saturated carbocycles. The van der Waals surface area contributed by atoms with Crippen molar-refractivity contribution in [2.75, 3.05) is 6.54 Å². The van der Waals surface area contributed by atoms with Crippen LogP contribution in [0.4, 0.5) is 0 Å². The van der Waals surface area contributed by atoms with Gasteiger partial charge in [-0.1, -0.05) is 13.8 Å². The summed E-state index contributed by atoms with van der Waals surface area (Å²) < 4.78 is 0. The third-order valence-corrected chi connectivity index (χ3v) is 4.08. The summed E-state index contributed by atoms with van der Waals surface area (Å²) >= 11 is 0. The molecule has 0 radical (unpaired) electrons. The number of H-pyrrole nitrogens is 1. The zero-order valence-electron chi connectivity index (χ0n) is 16.7. The number of carbonyl (C=O) groups excluding carboxylic acids is 4. The minimum Gasteiger partial charge on any atom is -0.480 e. The fourth-order valence-electron chi connectivity index (χ4n) is 2.53. The van der Waals surface area contributed by atoms with Gasteiger partial charge in [-0.2, -0.15) is 0 Å². The first-order valence-corrected chi connectivity index (χ1v) is 9.13. The van der Waals surface area contributed by atoms with Gasteiger partial charge in [0.25, 0.3) is 0 Å². The van der Waals surface area contributed by atoms with E-state index < -0.39 is 60.1 Å². The van der Waals surface area contributed by atoms with Crippen molar-refractivity contribution in [3.05, 3.63) is 18.2 Å². The molecular weight excluding hydrogens is 398 g/mol. The minimum absolute atomic E-state index is 0.00618. The number of amides is 4. The second kappa shape index (κ2) is 11.5. The van der Waals surface area contributed by atoms with Crippen LogP contribution >= 0.6 is 0 Å². The lowest BCUT2D eigenvalue weighted by molar-refractivity contribution is -0.143. The summed E-state index contributed by atoms with van der Waals surface area (Å²) in [7, 11) is 0. The summed E-state index contributed by atoms with van der Waals surface area (Å²) in [5.41, 5.74) is 11.0. The molecule has 166 valence electrons. The highest BCUT2D eigenvalue weighted by Crippen LogP contribution is 2.05. The van der Waals surface area contributed by atoms with Crippen LogP contribution in [-0.2, 0) is 30.4 Å². The molecule has 9 N–H and O–H groups in total. The Bertz CT molecular complexity index is 765. The van der Waals surface area contributed by atoms with E-state index in [0.29, 0.717) is 5.69 Å². The van der Waals surface area contributed by atoms with Gasteiger partial charge >= 0.3 is 5.97 Å². The zero-order valence-corrected chi connectivity index (χ0v) is 16.7. The highest BCUT2D eigenvalue weighted by molar-refractivity contribution is 5.95. The number of carboxylic acids is 1. The topological polar surface area (TPSA) is 222 Å². The number of hydrogen-bond acceptors (Lipinski definition) is 7. The number of imidazole rings is 1. The van der Waals surface area contributed by atoms with Gasteiger partial charge < -0.3 is 37.5 Å². The first-order chi connectivity index (χ1) is 14.0. The Labute approximate surface area is 172 Å². The van der Waals surface area contributed by atoms with Crippen LogP contribution in [0.25, 0.3) is 0 Å².